The second kappa shape index (κ2) is 9.44. The molecule has 0 unspecified atom stereocenters. The van der Waals surface area contributed by atoms with E-state index in [2.05, 4.69) is 16.0 Å². The molecule has 4 aromatic rings. The topological polar surface area (TPSA) is 100 Å². The minimum absolute atomic E-state index is 0.169. The maximum Gasteiger partial charge on any atom is 0.291 e. The minimum atomic E-state index is -0.415. The molecule has 0 saturated carbocycles. The number of hydrogen-bond donors (Lipinski definition) is 3. The summed E-state index contributed by atoms with van der Waals surface area (Å²) in [7, 11) is 0. The number of amides is 3. The maximum atomic E-state index is 12.8. The fraction of sp³-hybridized carbons (Fsp3) is 0. The van der Waals surface area contributed by atoms with Gasteiger partial charge in [0.25, 0.3) is 17.7 Å². The molecule has 0 spiro atoms. The van der Waals surface area contributed by atoms with Crippen LogP contribution in [0.4, 0.5) is 17.1 Å². The lowest BCUT2D eigenvalue weighted by molar-refractivity contribution is 0.0992. The Hall–Kier alpha value is -4.65. The van der Waals surface area contributed by atoms with Gasteiger partial charge in [-0.15, -0.1) is 0 Å². The molecule has 0 saturated heterocycles. The average molecular weight is 425 g/mol. The molecule has 3 N–H and O–H groups in total. The van der Waals surface area contributed by atoms with E-state index in [1.807, 2.05) is 6.07 Å². The molecule has 0 aliphatic carbocycles. The number of carbonyl (C=O) groups excluding carboxylic acids is 3. The van der Waals surface area contributed by atoms with Crippen molar-refractivity contribution < 1.29 is 18.8 Å². The van der Waals surface area contributed by atoms with Crippen molar-refractivity contribution in [3.63, 3.8) is 0 Å². The van der Waals surface area contributed by atoms with Crippen LogP contribution in [0.25, 0.3) is 0 Å². The molecule has 0 aliphatic rings. The summed E-state index contributed by atoms with van der Waals surface area (Å²) in [4.78, 5) is 37.5. The molecule has 1 heterocycles. The Bertz CT molecular complexity index is 1250. The van der Waals surface area contributed by atoms with Crippen LogP contribution in [0.1, 0.15) is 31.3 Å². The number of hydrogen-bond acceptors (Lipinski definition) is 4. The largest absolute Gasteiger partial charge is 0.459 e. The molecule has 0 aliphatic heterocycles. The molecule has 4 rings (SSSR count). The van der Waals surface area contributed by atoms with Gasteiger partial charge in [0.15, 0.2) is 5.76 Å². The summed E-state index contributed by atoms with van der Waals surface area (Å²) < 4.78 is 5.08. The van der Waals surface area contributed by atoms with E-state index in [9.17, 15) is 14.4 Å². The molecule has 158 valence electrons. The summed E-state index contributed by atoms with van der Waals surface area (Å²) in [5, 5.41) is 8.31. The quantitative estimate of drug-likeness (QED) is 0.403. The first-order valence-corrected chi connectivity index (χ1v) is 9.82. The summed E-state index contributed by atoms with van der Waals surface area (Å²) in [6.07, 6.45) is 1.41. The Morgan fingerprint density at radius 2 is 1.19 bits per heavy atom. The SMILES string of the molecule is O=C(Nc1ccccc1NC(=O)c1cccc(NC(=O)c2ccco2)c1)c1ccccc1. The number of anilines is 3. The second-order valence-corrected chi connectivity index (χ2v) is 6.83. The van der Waals surface area contributed by atoms with Crippen LogP contribution in [0.3, 0.4) is 0 Å². The van der Waals surface area contributed by atoms with Gasteiger partial charge >= 0.3 is 0 Å². The molecule has 7 heteroatoms. The highest BCUT2D eigenvalue weighted by molar-refractivity contribution is 6.10. The second-order valence-electron chi connectivity index (χ2n) is 6.83. The monoisotopic (exact) mass is 425 g/mol. The van der Waals surface area contributed by atoms with Gasteiger partial charge in [0.1, 0.15) is 0 Å². The van der Waals surface area contributed by atoms with Crippen molar-refractivity contribution in [2.45, 2.75) is 0 Å². The Balaban J connectivity index is 1.47. The van der Waals surface area contributed by atoms with Crippen molar-refractivity contribution in [2.75, 3.05) is 16.0 Å². The molecular weight excluding hydrogens is 406 g/mol. The van der Waals surface area contributed by atoms with Crippen molar-refractivity contribution in [3.8, 4) is 0 Å². The lowest BCUT2D eigenvalue weighted by atomic mass is 10.1. The number of carbonyl (C=O) groups is 3. The first-order valence-electron chi connectivity index (χ1n) is 9.82. The van der Waals surface area contributed by atoms with Gasteiger partial charge in [-0.1, -0.05) is 36.4 Å². The lowest BCUT2D eigenvalue weighted by Gasteiger charge is -2.13. The van der Waals surface area contributed by atoms with Gasteiger partial charge in [-0.05, 0) is 54.6 Å². The van der Waals surface area contributed by atoms with E-state index in [0.717, 1.165) is 0 Å². The average Bonchev–Trinajstić information content (AvgIpc) is 3.36. The van der Waals surface area contributed by atoms with Crippen LogP contribution in [-0.2, 0) is 0 Å². The molecule has 7 nitrogen and oxygen atoms in total. The van der Waals surface area contributed by atoms with Gasteiger partial charge in [0, 0.05) is 16.8 Å². The first kappa shape index (κ1) is 20.6. The van der Waals surface area contributed by atoms with E-state index in [1.165, 1.54) is 6.26 Å². The molecule has 3 amide bonds. The van der Waals surface area contributed by atoms with Crippen LogP contribution in [0.15, 0.2) is 102 Å². The third-order valence-corrected chi connectivity index (χ3v) is 4.59. The number of benzene rings is 3. The highest BCUT2D eigenvalue weighted by atomic mass is 16.3. The van der Waals surface area contributed by atoms with Crippen molar-refractivity contribution >= 4 is 34.8 Å². The third-order valence-electron chi connectivity index (χ3n) is 4.59. The van der Waals surface area contributed by atoms with Gasteiger partial charge in [-0.2, -0.15) is 0 Å². The summed E-state index contributed by atoms with van der Waals surface area (Å²) in [5.74, 6) is -0.917. The zero-order valence-electron chi connectivity index (χ0n) is 16.9. The molecule has 0 fully saturated rings. The Labute approximate surface area is 184 Å². The van der Waals surface area contributed by atoms with Crippen LogP contribution >= 0.6 is 0 Å². The summed E-state index contributed by atoms with van der Waals surface area (Å²) in [6, 6.07) is 25.4. The predicted molar refractivity (Wildman–Crippen MR) is 122 cm³/mol. The lowest BCUT2D eigenvalue weighted by Crippen LogP contribution is -2.17. The van der Waals surface area contributed by atoms with Gasteiger partial charge < -0.3 is 20.4 Å². The van der Waals surface area contributed by atoms with E-state index >= 15 is 0 Å². The smallest absolute Gasteiger partial charge is 0.291 e. The molecular formula is C25H19N3O4. The number of para-hydroxylation sites is 2. The molecule has 1 aromatic heterocycles. The number of furan rings is 1. The minimum Gasteiger partial charge on any atom is -0.459 e. The summed E-state index contributed by atoms with van der Waals surface area (Å²) in [5.41, 5.74) is 2.22. The zero-order valence-corrected chi connectivity index (χ0v) is 16.9. The summed E-state index contributed by atoms with van der Waals surface area (Å²) >= 11 is 0. The maximum absolute atomic E-state index is 12.8. The standard InChI is InChI=1S/C25H19N3O4/c29-23(17-8-2-1-3-9-17)27-20-12-4-5-13-21(20)28-24(30)18-10-6-11-19(16-18)26-25(31)22-14-7-15-32-22/h1-16H,(H,26,31)(H,27,29)(H,28,30). The van der Waals surface area contributed by atoms with Gasteiger partial charge in [-0.3, -0.25) is 14.4 Å². The summed E-state index contributed by atoms with van der Waals surface area (Å²) in [6.45, 7) is 0. The zero-order chi connectivity index (χ0) is 22.3. The number of nitrogens with one attached hydrogen (secondary N) is 3. The Morgan fingerprint density at radius 3 is 1.84 bits per heavy atom. The van der Waals surface area contributed by atoms with Crippen LogP contribution in [0.5, 0.6) is 0 Å². The van der Waals surface area contributed by atoms with Crippen molar-refractivity contribution in [1.82, 2.24) is 0 Å². The van der Waals surface area contributed by atoms with Crippen LogP contribution < -0.4 is 16.0 Å². The van der Waals surface area contributed by atoms with Gasteiger partial charge in [-0.25, -0.2) is 0 Å². The first-order chi connectivity index (χ1) is 15.6. The van der Waals surface area contributed by atoms with Crippen LogP contribution in [-0.4, -0.2) is 17.7 Å². The fourth-order valence-electron chi connectivity index (χ4n) is 3.02. The highest BCUT2D eigenvalue weighted by Gasteiger charge is 2.14. The molecule has 0 atom stereocenters. The van der Waals surface area contributed by atoms with Gasteiger partial charge in [0.05, 0.1) is 17.6 Å². The molecule has 0 bridgehead atoms. The van der Waals surface area contributed by atoms with E-state index < -0.39 is 5.91 Å². The predicted octanol–water partition coefficient (Wildman–Crippen LogP) is 5.04. The van der Waals surface area contributed by atoms with Crippen molar-refractivity contribution in [2.24, 2.45) is 0 Å². The number of rotatable bonds is 6. The molecule has 3 aromatic carbocycles. The fourth-order valence-corrected chi connectivity index (χ4v) is 3.02. The normalized spacial score (nSPS) is 10.2. The van der Waals surface area contributed by atoms with E-state index in [0.29, 0.717) is 28.2 Å². The van der Waals surface area contributed by atoms with Crippen molar-refractivity contribution in [1.29, 1.82) is 0 Å². The molecule has 32 heavy (non-hydrogen) atoms. The van der Waals surface area contributed by atoms with Crippen LogP contribution in [0.2, 0.25) is 0 Å². The Morgan fingerprint density at radius 1 is 0.562 bits per heavy atom. The molecule has 0 radical (unpaired) electrons. The third kappa shape index (κ3) is 4.91. The Kier molecular flexibility index (Phi) is 6.08. The van der Waals surface area contributed by atoms with E-state index in [1.54, 1.807) is 84.9 Å². The van der Waals surface area contributed by atoms with E-state index in [-0.39, 0.29) is 17.6 Å². The highest BCUT2D eigenvalue weighted by Crippen LogP contribution is 2.23. The van der Waals surface area contributed by atoms with Crippen molar-refractivity contribution in [3.05, 3.63) is 114 Å². The van der Waals surface area contributed by atoms with E-state index in [4.69, 9.17) is 4.42 Å². The van der Waals surface area contributed by atoms with Crippen LogP contribution in [0, 0.1) is 0 Å². The van der Waals surface area contributed by atoms with Gasteiger partial charge in [0.2, 0.25) is 0 Å².